The van der Waals surface area contributed by atoms with Crippen molar-refractivity contribution in [2.24, 2.45) is 11.8 Å². The Morgan fingerprint density at radius 1 is 1.14 bits per heavy atom. The Kier molecular flexibility index (Phi) is 4.65. The summed E-state index contributed by atoms with van der Waals surface area (Å²) >= 11 is 0. The SMILES string of the molecule is CC1CC(C)CN(C(=O)c2cccnc2N2CCCCC2)C1. The molecule has 0 spiro atoms. The molecule has 2 fully saturated rings. The molecular weight excluding hydrogens is 274 g/mol. The Bertz CT molecular complexity index is 515. The number of rotatable bonds is 2. The molecule has 0 bridgehead atoms. The smallest absolute Gasteiger partial charge is 0.257 e. The number of hydrogen-bond donors (Lipinski definition) is 0. The molecule has 4 nitrogen and oxygen atoms in total. The lowest BCUT2D eigenvalue weighted by Crippen LogP contribution is -2.43. The van der Waals surface area contributed by atoms with Crippen LogP contribution in [0.3, 0.4) is 0 Å². The van der Waals surface area contributed by atoms with Crippen LogP contribution in [-0.4, -0.2) is 42.0 Å². The van der Waals surface area contributed by atoms with Crippen LogP contribution in [0.25, 0.3) is 0 Å². The number of anilines is 1. The van der Waals surface area contributed by atoms with Crippen molar-refractivity contribution in [3.05, 3.63) is 23.9 Å². The van der Waals surface area contributed by atoms with Crippen molar-refractivity contribution < 1.29 is 4.79 Å². The molecule has 2 aliphatic heterocycles. The summed E-state index contributed by atoms with van der Waals surface area (Å²) in [6.45, 7) is 8.26. The van der Waals surface area contributed by atoms with Gasteiger partial charge in [-0.1, -0.05) is 13.8 Å². The monoisotopic (exact) mass is 301 g/mol. The Morgan fingerprint density at radius 3 is 2.50 bits per heavy atom. The first-order valence-electron chi connectivity index (χ1n) is 8.64. The van der Waals surface area contributed by atoms with Crippen LogP contribution in [0.4, 0.5) is 5.82 Å². The highest BCUT2D eigenvalue weighted by atomic mass is 16.2. The second kappa shape index (κ2) is 6.67. The van der Waals surface area contributed by atoms with Crippen molar-refractivity contribution in [3.8, 4) is 0 Å². The molecule has 0 aromatic carbocycles. The van der Waals surface area contributed by atoms with Gasteiger partial charge in [-0.3, -0.25) is 4.79 Å². The predicted octanol–water partition coefficient (Wildman–Crippen LogP) is 3.19. The number of likely N-dealkylation sites (tertiary alicyclic amines) is 1. The quantitative estimate of drug-likeness (QED) is 0.841. The Hall–Kier alpha value is -1.58. The van der Waals surface area contributed by atoms with Crippen molar-refractivity contribution in [1.82, 2.24) is 9.88 Å². The minimum Gasteiger partial charge on any atom is -0.356 e. The highest BCUT2D eigenvalue weighted by molar-refractivity contribution is 5.99. The van der Waals surface area contributed by atoms with Crippen molar-refractivity contribution in [2.45, 2.75) is 39.5 Å². The number of piperidine rings is 2. The van der Waals surface area contributed by atoms with Crippen LogP contribution < -0.4 is 4.90 Å². The minimum atomic E-state index is 0.159. The van der Waals surface area contributed by atoms with Gasteiger partial charge in [0.1, 0.15) is 5.82 Å². The summed E-state index contributed by atoms with van der Waals surface area (Å²) in [5.74, 6) is 2.22. The summed E-state index contributed by atoms with van der Waals surface area (Å²) in [4.78, 5) is 21.9. The van der Waals surface area contributed by atoms with E-state index in [2.05, 4.69) is 23.7 Å². The van der Waals surface area contributed by atoms with Crippen LogP contribution in [0, 0.1) is 11.8 Å². The minimum absolute atomic E-state index is 0.159. The average Bonchev–Trinajstić information content (AvgIpc) is 2.54. The van der Waals surface area contributed by atoms with Crippen LogP contribution in [-0.2, 0) is 0 Å². The van der Waals surface area contributed by atoms with E-state index in [0.717, 1.165) is 37.6 Å². The van der Waals surface area contributed by atoms with E-state index in [1.807, 2.05) is 23.2 Å². The average molecular weight is 301 g/mol. The van der Waals surface area contributed by atoms with E-state index in [1.165, 1.54) is 25.7 Å². The molecule has 3 rings (SSSR count). The van der Waals surface area contributed by atoms with E-state index < -0.39 is 0 Å². The molecule has 0 N–H and O–H groups in total. The zero-order chi connectivity index (χ0) is 15.5. The van der Waals surface area contributed by atoms with Crippen LogP contribution in [0.2, 0.25) is 0 Å². The molecule has 1 aromatic heterocycles. The van der Waals surface area contributed by atoms with Gasteiger partial charge >= 0.3 is 0 Å². The molecule has 22 heavy (non-hydrogen) atoms. The molecule has 0 saturated carbocycles. The van der Waals surface area contributed by atoms with Crippen LogP contribution >= 0.6 is 0 Å². The highest BCUT2D eigenvalue weighted by Crippen LogP contribution is 2.26. The largest absolute Gasteiger partial charge is 0.356 e. The van der Waals surface area contributed by atoms with Gasteiger partial charge in [0, 0.05) is 32.4 Å². The van der Waals surface area contributed by atoms with Crippen molar-refractivity contribution in [1.29, 1.82) is 0 Å². The van der Waals surface area contributed by atoms with E-state index in [-0.39, 0.29) is 5.91 Å². The first kappa shape index (κ1) is 15.3. The maximum Gasteiger partial charge on any atom is 0.257 e. The summed E-state index contributed by atoms with van der Waals surface area (Å²) < 4.78 is 0. The van der Waals surface area contributed by atoms with E-state index in [4.69, 9.17) is 0 Å². The number of carbonyl (C=O) groups is 1. The van der Waals surface area contributed by atoms with Crippen molar-refractivity contribution in [3.63, 3.8) is 0 Å². The zero-order valence-corrected chi connectivity index (χ0v) is 13.8. The Balaban J connectivity index is 1.82. The number of hydrogen-bond acceptors (Lipinski definition) is 3. The Morgan fingerprint density at radius 2 is 1.82 bits per heavy atom. The van der Waals surface area contributed by atoms with Gasteiger partial charge in [-0.25, -0.2) is 4.98 Å². The summed E-state index contributed by atoms with van der Waals surface area (Å²) in [6, 6.07) is 3.83. The summed E-state index contributed by atoms with van der Waals surface area (Å²) in [7, 11) is 0. The molecule has 1 amide bonds. The lowest BCUT2D eigenvalue weighted by molar-refractivity contribution is 0.0623. The maximum absolute atomic E-state index is 13.0. The number of pyridine rings is 1. The predicted molar refractivity (Wildman–Crippen MR) is 89.1 cm³/mol. The summed E-state index contributed by atoms with van der Waals surface area (Å²) in [5, 5.41) is 0. The number of amides is 1. The molecule has 2 atom stereocenters. The molecule has 0 aliphatic carbocycles. The summed E-state index contributed by atoms with van der Waals surface area (Å²) in [5.41, 5.74) is 0.783. The second-order valence-corrected chi connectivity index (χ2v) is 7.08. The fourth-order valence-corrected chi connectivity index (χ4v) is 3.92. The molecule has 4 heteroatoms. The van der Waals surface area contributed by atoms with Gasteiger partial charge in [0.05, 0.1) is 5.56 Å². The van der Waals surface area contributed by atoms with Crippen LogP contribution in [0.15, 0.2) is 18.3 Å². The zero-order valence-electron chi connectivity index (χ0n) is 13.8. The third kappa shape index (κ3) is 3.26. The maximum atomic E-state index is 13.0. The first-order valence-corrected chi connectivity index (χ1v) is 8.64. The van der Waals surface area contributed by atoms with Crippen molar-refractivity contribution >= 4 is 11.7 Å². The lowest BCUT2D eigenvalue weighted by atomic mass is 9.91. The van der Waals surface area contributed by atoms with Crippen LogP contribution in [0.1, 0.15) is 49.9 Å². The third-order valence-electron chi connectivity index (χ3n) is 4.83. The Labute approximate surface area is 133 Å². The van der Waals surface area contributed by atoms with E-state index >= 15 is 0 Å². The van der Waals surface area contributed by atoms with Gasteiger partial charge in [0.2, 0.25) is 0 Å². The lowest BCUT2D eigenvalue weighted by Gasteiger charge is -2.36. The van der Waals surface area contributed by atoms with Crippen LogP contribution in [0.5, 0.6) is 0 Å². The number of carbonyl (C=O) groups excluding carboxylic acids is 1. The molecule has 2 aliphatic rings. The van der Waals surface area contributed by atoms with Gasteiger partial charge in [0.25, 0.3) is 5.91 Å². The molecule has 120 valence electrons. The standard InChI is InChI=1S/C18H27N3O/c1-14-11-15(2)13-21(12-14)18(22)16-7-6-8-19-17(16)20-9-4-3-5-10-20/h6-8,14-15H,3-5,9-13H2,1-2H3. The van der Waals surface area contributed by atoms with Gasteiger partial charge in [0.15, 0.2) is 0 Å². The normalized spacial score (nSPS) is 26.1. The van der Waals surface area contributed by atoms with Gasteiger partial charge < -0.3 is 9.80 Å². The first-order chi connectivity index (χ1) is 10.6. The van der Waals surface area contributed by atoms with E-state index in [9.17, 15) is 4.79 Å². The molecule has 0 radical (unpaired) electrons. The van der Waals surface area contributed by atoms with E-state index in [0.29, 0.717) is 11.8 Å². The highest BCUT2D eigenvalue weighted by Gasteiger charge is 2.28. The second-order valence-electron chi connectivity index (χ2n) is 7.08. The van der Waals surface area contributed by atoms with E-state index in [1.54, 1.807) is 0 Å². The molecule has 2 saturated heterocycles. The molecular formula is C18H27N3O. The van der Waals surface area contributed by atoms with Crippen molar-refractivity contribution in [2.75, 3.05) is 31.1 Å². The summed E-state index contributed by atoms with van der Waals surface area (Å²) in [6.07, 6.45) is 6.70. The molecule has 2 unspecified atom stereocenters. The fraction of sp³-hybridized carbons (Fsp3) is 0.667. The fourth-order valence-electron chi connectivity index (χ4n) is 3.92. The molecule has 3 heterocycles. The van der Waals surface area contributed by atoms with Gasteiger partial charge in [-0.2, -0.15) is 0 Å². The third-order valence-corrected chi connectivity index (χ3v) is 4.83. The molecule has 1 aromatic rings. The number of nitrogens with zero attached hydrogens (tertiary/aromatic N) is 3. The van der Waals surface area contributed by atoms with Gasteiger partial charge in [-0.15, -0.1) is 0 Å². The number of aromatic nitrogens is 1. The van der Waals surface area contributed by atoms with Gasteiger partial charge in [-0.05, 0) is 49.7 Å². The topological polar surface area (TPSA) is 36.4 Å².